The van der Waals surface area contributed by atoms with Crippen molar-refractivity contribution >= 4 is 39.1 Å². The van der Waals surface area contributed by atoms with Crippen LogP contribution in [0.15, 0.2) is 29.2 Å². The summed E-state index contributed by atoms with van der Waals surface area (Å²) >= 11 is 1.42. The van der Waals surface area contributed by atoms with E-state index < -0.39 is 9.84 Å². The van der Waals surface area contributed by atoms with Crippen LogP contribution in [0.25, 0.3) is 0 Å². The molecular weight excluding hydrogens is 372 g/mol. The average molecular weight is 399 g/mol. The summed E-state index contributed by atoms with van der Waals surface area (Å²) in [4.78, 5) is 26.5. The van der Waals surface area contributed by atoms with E-state index in [0.29, 0.717) is 12.1 Å². The molecule has 0 saturated carbocycles. The highest BCUT2D eigenvalue weighted by Crippen LogP contribution is 2.25. The summed E-state index contributed by atoms with van der Waals surface area (Å²) in [5.74, 6) is 0.337. The van der Waals surface area contributed by atoms with Gasteiger partial charge in [0, 0.05) is 29.6 Å². The highest BCUT2D eigenvalue weighted by atomic mass is 32.2. The molecule has 2 atom stereocenters. The number of hydrogen-bond donors (Lipinski definition) is 1. The molecule has 2 rings (SSSR count). The third-order valence-electron chi connectivity index (χ3n) is 4.49. The highest BCUT2D eigenvalue weighted by Gasteiger charge is 2.36. The second-order valence-corrected chi connectivity index (χ2v) is 9.89. The summed E-state index contributed by atoms with van der Waals surface area (Å²) in [6.07, 6.45) is 1.31. The molecule has 0 radical (unpaired) electrons. The molecule has 1 N–H and O–H groups in total. The van der Waals surface area contributed by atoms with Gasteiger partial charge in [-0.1, -0.05) is 6.92 Å². The topological polar surface area (TPSA) is 83.6 Å². The fourth-order valence-electron chi connectivity index (χ4n) is 3.06. The van der Waals surface area contributed by atoms with Crippen molar-refractivity contribution in [1.29, 1.82) is 0 Å². The molecular formula is C18H26N2O4S2. The number of nitrogens with zero attached hydrogens (tertiary/aromatic N) is 1. The molecule has 1 aromatic carbocycles. The second-order valence-electron chi connectivity index (χ2n) is 6.61. The smallest absolute Gasteiger partial charge is 0.233 e. The van der Waals surface area contributed by atoms with Gasteiger partial charge in [-0.3, -0.25) is 9.59 Å². The number of carbonyl (C=O) groups is 2. The number of rotatable bonds is 7. The van der Waals surface area contributed by atoms with E-state index in [-0.39, 0.29) is 41.2 Å². The van der Waals surface area contributed by atoms with Gasteiger partial charge < -0.3 is 10.2 Å². The fourth-order valence-corrected chi connectivity index (χ4v) is 5.54. The third-order valence-corrected chi connectivity index (χ3v) is 7.24. The number of carbonyl (C=O) groups excluding carboxylic acids is 2. The van der Waals surface area contributed by atoms with E-state index in [2.05, 4.69) is 5.32 Å². The lowest BCUT2D eigenvalue weighted by Gasteiger charge is -2.33. The van der Waals surface area contributed by atoms with Gasteiger partial charge in [0.05, 0.1) is 17.3 Å². The van der Waals surface area contributed by atoms with Gasteiger partial charge in [-0.25, -0.2) is 8.42 Å². The van der Waals surface area contributed by atoms with E-state index >= 15 is 0 Å². The van der Waals surface area contributed by atoms with Crippen LogP contribution in [-0.2, 0) is 19.4 Å². The molecule has 1 aliphatic heterocycles. The minimum atomic E-state index is -3.03. The quantitative estimate of drug-likeness (QED) is 0.714. The van der Waals surface area contributed by atoms with E-state index in [9.17, 15) is 18.0 Å². The lowest BCUT2D eigenvalue weighted by Crippen LogP contribution is -2.47. The predicted octanol–water partition coefficient (Wildman–Crippen LogP) is 2.55. The van der Waals surface area contributed by atoms with Crippen LogP contribution in [0, 0.1) is 0 Å². The summed E-state index contributed by atoms with van der Waals surface area (Å²) in [7, 11) is -3.03. The SMILES string of the molecule is CC[C@@H](C)N(C(=O)CSc1ccc(NC(C)=O)cc1)[C@H]1CCS(=O)(=O)C1. The molecule has 26 heavy (non-hydrogen) atoms. The first kappa shape index (κ1) is 20.8. The Labute approximate surface area is 159 Å². The Bertz CT molecular complexity index is 747. The first-order valence-corrected chi connectivity index (χ1v) is 11.5. The molecule has 0 spiro atoms. The summed E-state index contributed by atoms with van der Waals surface area (Å²) in [5.41, 5.74) is 0.713. The van der Waals surface area contributed by atoms with Crippen molar-refractivity contribution in [1.82, 2.24) is 4.90 Å². The van der Waals surface area contributed by atoms with Gasteiger partial charge in [-0.05, 0) is 44.0 Å². The minimum absolute atomic E-state index is 0.0172. The van der Waals surface area contributed by atoms with E-state index in [1.807, 2.05) is 26.0 Å². The van der Waals surface area contributed by atoms with E-state index in [1.54, 1.807) is 17.0 Å². The van der Waals surface area contributed by atoms with Crippen molar-refractivity contribution in [2.75, 3.05) is 22.6 Å². The normalized spacial score (nSPS) is 19.7. The van der Waals surface area contributed by atoms with Crippen molar-refractivity contribution < 1.29 is 18.0 Å². The maximum Gasteiger partial charge on any atom is 0.233 e. The van der Waals surface area contributed by atoms with Gasteiger partial charge in [-0.2, -0.15) is 0 Å². The lowest BCUT2D eigenvalue weighted by molar-refractivity contribution is -0.132. The van der Waals surface area contributed by atoms with Crippen molar-refractivity contribution in [3.8, 4) is 0 Å². The highest BCUT2D eigenvalue weighted by molar-refractivity contribution is 8.00. The van der Waals surface area contributed by atoms with Crippen LogP contribution >= 0.6 is 11.8 Å². The van der Waals surface area contributed by atoms with Crippen LogP contribution in [0.4, 0.5) is 5.69 Å². The van der Waals surface area contributed by atoms with Crippen molar-refractivity contribution in [2.24, 2.45) is 0 Å². The van der Waals surface area contributed by atoms with Crippen molar-refractivity contribution in [2.45, 2.75) is 50.6 Å². The molecule has 144 valence electrons. The van der Waals surface area contributed by atoms with Crippen LogP contribution < -0.4 is 5.32 Å². The molecule has 1 fully saturated rings. The second kappa shape index (κ2) is 8.90. The van der Waals surface area contributed by atoms with Gasteiger partial charge in [0.15, 0.2) is 9.84 Å². The zero-order valence-corrected chi connectivity index (χ0v) is 17.0. The van der Waals surface area contributed by atoms with Crippen LogP contribution in [0.5, 0.6) is 0 Å². The molecule has 0 aliphatic carbocycles. The van der Waals surface area contributed by atoms with Gasteiger partial charge in [-0.15, -0.1) is 11.8 Å². The van der Waals surface area contributed by atoms with Crippen LogP contribution in [0.1, 0.15) is 33.6 Å². The number of nitrogens with one attached hydrogen (secondary N) is 1. The fraction of sp³-hybridized carbons (Fsp3) is 0.556. The zero-order valence-electron chi connectivity index (χ0n) is 15.4. The summed E-state index contributed by atoms with van der Waals surface area (Å²) in [6.45, 7) is 5.42. The standard InChI is InChI=1S/C18H26N2O4S2/c1-4-13(2)20(16-9-10-26(23,24)12-16)18(22)11-25-17-7-5-15(6-8-17)19-14(3)21/h5-8,13,16H,4,9-12H2,1-3H3,(H,19,21)/t13-,16+/m1/s1. The first-order chi connectivity index (χ1) is 12.2. The van der Waals surface area contributed by atoms with Crippen LogP contribution in [0.2, 0.25) is 0 Å². The maximum absolute atomic E-state index is 12.8. The van der Waals surface area contributed by atoms with Crippen LogP contribution in [0.3, 0.4) is 0 Å². The number of amides is 2. The Morgan fingerprint density at radius 3 is 2.46 bits per heavy atom. The lowest BCUT2D eigenvalue weighted by atomic mass is 10.1. The Morgan fingerprint density at radius 1 is 1.31 bits per heavy atom. The number of hydrogen-bond acceptors (Lipinski definition) is 5. The molecule has 1 heterocycles. The van der Waals surface area contributed by atoms with Gasteiger partial charge in [0.1, 0.15) is 0 Å². The van der Waals surface area contributed by atoms with E-state index in [4.69, 9.17) is 0 Å². The Balaban J connectivity index is 1.99. The summed E-state index contributed by atoms with van der Waals surface area (Å²) in [6, 6.07) is 7.11. The molecule has 0 unspecified atom stereocenters. The number of anilines is 1. The molecule has 6 nitrogen and oxygen atoms in total. The molecule has 0 aromatic heterocycles. The van der Waals surface area contributed by atoms with Crippen molar-refractivity contribution in [3.05, 3.63) is 24.3 Å². The largest absolute Gasteiger partial charge is 0.335 e. The first-order valence-electron chi connectivity index (χ1n) is 8.74. The summed E-state index contributed by atoms with van der Waals surface area (Å²) < 4.78 is 23.6. The Morgan fingerprint density at radius 2 is 1.96 bits per heavy atom. The van der Waals surface area contributed by atoms with Gasteiger partial charge in [0.2, 0.25) is 11.8 Å². The van der Waals surface area contributed by atoms with E-state index in [0.717, 1.165) is 11.3 Å². The third kappa shape index (κ3) is 5.74. The molecule has 0 bridgehead atoms. The number of benzene rings is 1. The zero-order chi connectivity index (χ0) is 19.3. The van der Waals surface area contributed by atoms with Gasteiger partial charge >= 0.3 is 0 Å². The Hall–Kier alpha value is -1.54. The molecule has 1 saturated heterocycles. The number of sulfone groups is 1. The van der Waals surface area contributed by atoms with Gasteiger partial charge in [0.25, 0.3) is 0 Å². The predicted molar refractivity (Wildman–Crippen MR) is 105 cm³/mol. The summed E-state index contributed by atoms with van der Waals surface area (Å²) in [5, 5.41) is 2.70. The Kier molecular flexibility index (Phi) is 7.11. The maximum atomic E-state index is 12.8. The van der Waals surface area contributed by atoms with Crippen molar-refractivity contribution in [3.63, 3.8) is 0 Å². The molecule has 1 aromatic rings. The monoisotopic (exact) mass is 398 g/mol. The average Bonchev–Trinajstić information content (AvgIpc) is 2.93. The molecule has 1 aliphatic rings. The number of thioether (sulfide) groups is 1. The van der Waals surface area contributed by atoms with E-state index in [1.165, 1.54) is 18.7 Å². The van der Waals surface area contributed by atoms with Crippen LogP contribution in [-0.4, -0.2) is 54.5 Å². The molecule has 2 amide bonds. The molecule has 8 heteroatoms. The minimum Gasteiger partial charge on any atom is -0.335 e.